The van der Waals surface area contributed by atoms with E-state index in [4.69, 9.17) is 53.7 Å². The second-order valence-electron chi connectivity index (χ2n) is 32.9. The summed E-state index contributed by atoms with van der Waals surface area (Å²) in [5, 5.41) is 95.5. The minimum Gasteiger partial charge on any atom is -0.459 e. The molecule has 1 unspecified atom stereocenters. The third-order valence-electron chi connectivity index (χ3n) is 22.5. The lowest BCUT2D eigenvalue weighted by Crippen LogP contribution is -2.61. The Balaban J connectivity index is 0.000000334. The lowest BCUT2D eigenvalue weighted by molar-refractivity contribution is -0.318. The van der Waals surface area contributed by atoms with Crippen LogP contribution >= 0.6 is 0 Å². The molecule has 7 N–H and O–H groups in total. The highest BCUT2D eigenvalue weighted by Gasteiger charge is 2.53. The highest BCUT2D eigenvalue weighted by molar-refractivity contribution is 5.96. The number of likely N-dealkylation sites (N-methyl/N-ethyl adjacent to an activating group) is 2. The number of aliphatic hydroxyl groups is 7. The molecule has 114 heavy (non-hydrogen) atoms. The Kier molecular flexibility index (Phi) is 31.0. The highest BCUT2D eigenvalue weighted by atomic mass is 16.7. The fourth-order valence-corrected chi connectivity index (χ4v) is 15.6. The van der Waals surface area contributed by atoms with Crippen LogP contribution < -0.4 is 14.7 Å². The molecule has 4 aromatic rings. The number of aliphatic hydroxyl groups excluding tert-OH is 3. The lowest BCUT2D eigenvalue weighted by Gasteiger charge is -2.49. The van der Waals surface area contributed by atoms with E-state index in [1.165, 1.54) is 30.8 Å². The van der Waals surface area contributed by atoms with Crippen molar-refractivity contribution in [2.24, 2.45) is 28.0 Å². The van der Waals surface area contributed by atoms with Gasteiger partial charge in [0.05, 0.1) is 97.7 Å². The third kappa shape index (κ3) is 22.9. The van der Waals surface area contributed by atoms with Crippen LogP contribution in [0.25, 0.3) is 20.9 Å². The van der Waals surface area contributed by atoms with Gasteiger partial charge < -0.3 is 88.2 Å². The van der Waals surface area contributed by atoms with Gasteiger partial charge in [-0.3, -0.25) is 24.3 Å². The number of rotatable bonds is 22. The van der Waals surface area contributed by atoms with Crippen molar-refractivity contribution in [1.82, 2.24) is 24.8 Å². The maximum absolute atomic E-state index is 14.5. The number of methoxy groups -OCH3 is 1. The van der Waals surface area contributed by atoms with Gasteiger partial charge in [-0.25, -0.2) is 19.1 Å². The van der Waals surface area contributed by atoms with E-state index >= 15 is 0 Å². The van der Waals surface area contributed by atoms with Gasteiger partial charge in [0, 0.05) is 89.7 Å². The van der Waals surface area contributed by atoms with Crippen LogP contribution in [-0.2, 0) is 71.6 Å². The second-order valence-corrected chi connectivity index (χ2v) is 32.9. The van der Waals surface area contributed by atoms with Crippen LogP contribution in [0.2, 0.25) is 0 Å². The number of benzene rings is 3. The van der Waals surface area contributed by atoms with Gasteiger partial charge in [-0.05, 0) is 193 Å². The van der Waals surface area contributed by atoms with Crippen LogP contribution in [0.5, 0.6) is 0 Å². The molecule has 3 aromatic carbocycles. The number of aromatic nitrogens is 3. The van der Waals surface area contributed by atoms with E-state index in [2.05, 4.69) is 30.4 Å². The molecule has 1 aromatic heterocycles. The van der Waals surface area contributed by atoms with Crippen molar-refractivity contribution < 1.29 is 102 Å². The number of esters is 1. The van der Waals surface area contributed by atoms with E-state index in [1.54, 1.807) is 159 Å². The summed E-state index contributed by atoms with van der Waals surface area (Å²) >= 11 is 0. The SMILES string of the molecule is CC(=O)c1ccc(N2C[C@H](CN=[N+]=[N-])OC2=O)cc1.CC(C)(O)c1ccc(N2C[C@H](CN=[N+]=[N-])OC2=O)cc1.CC[C@H]1OC(=O)[C@H](C)[C@@H](O[C@@H]2C[C@@](C)(OC)[C@@H](O)[C@H](C)O2)[C@H](C)[C@@H](O[C@@H]2O[C@H](C)C[C@H](N(C)CCc3cn(CC4CN(c5ccc(C(C)(C)O)cc5)C(=O)O4)nn3)[C@H]2O)[C@](C)(O)C[C@@H](C)CN(C)[C@H](C)[C@@H](O)[C@]1(C)O. The average molecular weight is 1600 g/mol. The number of anilines is 3. The molecular weight excluding hydrogens is 1480 g/mol. The summed E-state index contributed by atoms with van der Waals surface area (Å²) in [4.78, 5) is 75.6. The second kappa shape index (κ2) is 38.7. The summed E-state index contributed by atoms with van der Waals surface area (Å²) in [6, 6.07) is 19.8. The predicted octanol–water partition coefficient (Wildman–Crippen LogP) is 8.43. The minimum absolute atomic E-state index is 0.0308. The van der Waals surface area contributed by atoms with Gasteiger partial charge in [0.2, 0.25) is 0 Å². The highest BCUT2D eigenvalue weighted by Crippen LogP contribution is 2.41. The fraction of sp³-hybridized carbons (Fsp3) is 0.684. The Morgan fingerprint density at radius 3 is 1.69 bits per heavy atom. The molecule has 0 bridgehead atoms. The number of ketones is 1. The van der Waals surface area contributed by atoms with E-state index in [1.807, 2.05) is 43.9 Å². The minimum atomic E-state index is -1.85. The number of Topliss-reactive ketones (excluding diaryl/α,β-unsaturated/α-hetero) is 1. The molecule has 21 atom stereocenters. The molecule has 0 saturated carbocycles. The lowest BCUT2D eigenvalue weighted by atomic mass is 9.77. The average Bonchev–Trinajstić information content (AvgIpc) is 1.27. The summed E-state index contributed by atoms with van der Waals surface area (Å²) in [5.74, 6) is -2.88. The Bertz CT molecular complexity index is 3960. The zero-order valence-corrected chi connectivity index (χ0v) is 68.7. The summed E-state index contributed by atoms with van der Waals surface area (Å²) in [7, 11) is 5.23. The van der Waals surface area contributed by atoms with Crippen molar-refractivity contribution >= 4 is 47.1 Å². The molecule has 6 fully saturated rings. The van der Waals surface area contributed by atoms with Crippen LogP contribution in [0, 0.1) is 17.8 Å². The molecule has 35 heteroatoms. The van der Waals surface area contributed by atoms with Crippen LogP contribution in [0.15, 0.2) is 89.2 Å². The first kappa shape index (κ1) is 91.3. The van der Waals surface area contributed by atoms with Gasteiger partial charge in [0.1, 0.15) is 48.3 Å². The molecule has 6 saturated heterocycles. The first-order valence-electron chi connectivity index (χ1n) is 38.8. The number of hydrogen-bond donors (Lipinski definition) is 7. The van der Waals surface area contributed by atoms with Crippen LogP contribution in [0.1, 0.15) is 157 Å². The zero-order chi connectivity index (χ0) is 84.3. The maximum atomic E-state index is 14.5. The van der Waals surface area contributed by atoms with Crippen LogP contribution in [-0.4, -0.2) is 266 Å². The summed E-state index contributed by atoms with van der Waals surface area (Å²) in [6.45, 7) is 28.1. The van der Waals surface area contributed by atoms with Crippen molar-refractivity contribution in [3.8, 4) is 0 Å². The predicted molar refractivity (Wildman–Crippen MR) is 418 cm³/mol. The number of azide groups is 2. The molecule has 0 aliphatic carbocycles. The largest absolute Gasteiger partial charge is 0.459 e. The van der Waals surface area contributed by atoms with Crippen molar-refractivity contribution in [1.29, 1.82) is 0 Å². The molecule has 7 heterocycles. The first-order valence-corrected chi connectivity index (χ1v) is 38.8. The number of ether oxygens (including phenoxy) is 9. The number of carbonyl (C=O) groups is 5. The van der Waals surface area contributed by atoms with E-state index < -0.39 is 156 Å². The first-order chi connectivity index (χ1) is 53.4. The summed E-state index contributed by atoms with van der Waals surface area (Å²) < 4.78 is 55.8. The Labute approximate surface area is 665 Å². The molecule has 630 valence electrons. The van der Waals surface area contributed by atoms with Crippen LogP contribution in [0.3, 0.4) is 0 Å². The molecule has 10 rings (SSSR count). The van der Waals surface area contributed by atoms with Crippen molar-refractivity contribution in [3.05, 3.63) is 122 Å². The van der Waals surface area contributed by atoms with Gasteiger partial charge in [-0.2, -0.15) is 0 Å². The number of hydrogen-bond acceptors (Lipinski definition) is 27. The topological polar surface area (TPSA) is 454 Å². The molecule has 0 radical (unpaired) electrons. The van der Waals surface area contributed by atoms with Crippen molar-refractivity contribution in [2.75, 3.05) is 81.7 Å². The third-order valence-corrected chi connectivity index (χ3v) is 22.5. The standard InChI is InChI=1S/C54H90N6O15.C13H16N4O3.C12H12N4O3/c1-16-41-54(12,68)45(62)34(6)58(14)26-30(2)24-52(10,67)47(32(4)44(33(5)48(64)73-41)74-42-25-53(11,69-15)46(63)35(7)71-42)75-49-43(61)40(23-31(3)70-49)57(13)22-21-37-27-59(56-55-37)28-39-29-60(50(65)72-39)38-19-17-36(18-20-38)51(8,9)66;1-13(2,19)9-3-5-10(6-4-9)17-8-11(7-15-16-14)20-12(17)18;1-8(17)9-2-4-10(5-3-9)16-7-11(6-14-15-13)19-12(16)18/h17-20,27,30-35,39-47,49,61-63,66-68H,16,21-26,28-29H2,1-15H3;3-6,11,19H,7-8H2,1-2H3;2-5,11H,6-7H2,1H3/t30-,31-,32+,33-,34-,35+,39?,40+,41-,42-,43-,44+,45-,46+,47-,49+,52-,53-,54-;2*11-/m100/s1. The van der Waals surface area contributed by atoms with E-state index in [9.17, 15) is 59.7 Å². The zero-order valence-electron chi connectivity index (χ0n) is 68.7. The quantitative estimate of drug-likeness (QED) is 0.00968. The van der Waals surface area contributed by atoms with Crippen molar-refractivity contribution in [3.63, 3.8) is 0 Å². The van der Waals surface area contributed by atoms with Gasteiger partial charge in [-0.15, -0.1) is 5.10 Å². The Hall–Kier alpha value is -8.19. The molecule has 3 amide bonds. The number of carbonyl (C=O) groups excluding carboxylic acids is 5. The number of amides is 3. The maximum Gasteiger partial charge on any atom is 0.414 e. The van der Waals surface area contributed by atoms with Gasteiger partial charge in [0.25, 0.3) is 0 Å². The van der Waals surface area contributed by atoms with Crippen molar-refractivity contribution in [2.45, 2.75) is 262 Å². The molecule has 35 nitrogen and oxygen atoms in total. The Morgan fingerprint density at radius 1 is 0.711 bits per heavy atom. The van der Waals surface area contributed by atoms with Gasteiger partial charge in [-0.1, -0.05) is 60.5 Å². The van der Waals surface area contributed by atoms with Gasteiger partial charge >= 0.3 is 24.2 Å². The smallest absolute Gasteiger partial charge is 0.414 e. The fourth-order valence-electron chi connectivity index (χ4n) is 15.6. The molecule has 0 spiro atoms. The van der Waals surface area contributed by atoms with E-state index in [0.29, 0.717) is 80.4 Å². The van der Waals surface area contributed by atoms with E-state index in [0.717, 1.165) is 11.1 Å². The number of cyclic esters (lactones) is 4. The van der Waals surface area contributed by atoms with Crippen LogP contribution in [0.4, 0.5) is 31.4 Å². The monoisotopic (exact) mass is 1600 g/mol. The molecular formula is C79H118N14O21. The number of nitrogens with zero attached hydrogens (tertiary/aromatic N) is 14. The summed E-state index contributed by atoms with van der Waals surface area (Å²) in [6.07, 6.45) is -9.79. The summed E-state index contributed by atoms with van der Waals surface area (Å²) in [5.41, 5.74) is 14.8. The molecule has 6 aliphatic heterocycles. The normalized spacial score (nSPS) is 32.7. The Morgan fingerprint density at radius 2 is 1.21 bits per heavy atom. The van der Waals surface area contributed by atoms with Gasteiger partial charge in [0.15, 0.2) is 18.4 Å². The van der Waals surface area contributed by atoms with E-state index in [-0.39, 0.29) is 44.1 Å². The molecule has 6 aliphatic rings.